The monoisotopic (exact) mass is 172 g/mol. The van der Waals surface area contributed by atoms with Crippen LogP contribution < -0.4 is 0 Å². The normalized spacial score (nSPS) is 9.64. The fourth-order valence-corrected chi connectivity index (χ4v) is 1.02. The van der Waals surface area contributed by atoms with E-state index in [1.54, 1.807) is 0 Å². The lowest BCUT2D eigenvalue weighted by atomic mass is 10.2. The topological polar surface area (TPSA) is 0 Å². The Kier molecular flexibility index (Phi) is 2.65. The second-order valence-corrected chi connectivity index (χ2v) is 2.48. The van der Waals surface area contributed by atoms with E-state index in [2.05, 4.69) is 12.2 Å². The highest BCUT2D eigenvalue weighted by Crippen LogP contribution is 2.07. The predicted octanol–water partition coefficient (Wildman–Crippen LogP) is 2.51. The van der Waals surface area contributed by atoms with Crippen LogP contribution in [0.2, 0.25) is 0 Å². The van der Waals surface area contributed by atoms with Gasteiger partial charge in [0.05, 0.1) is 0 Å². The zero-order valence-corrected chi connectivity index (χ0v) is 6.50. The molecule has 0 aliphatic heterocycles. The molecule has 0 spiro atoms. The molecule has 1 aromatic rings. The van der Waals surface area contributed by atoms with E-state index in [4.69, 9.17) is 0 Å². The molecule has 0 bridgehead atoms. The van der Waals surface area contributed by atoms with Crippen molar-refractivity contribution in [2.75, 3.05) is 0 Å². The van der Waals surface area contributed by atoms with Gasteiger partial charge in [-0.15, -0.1) is 0 Å². The van der Waals surface area contributed by atoms with Gasteiger partial charge in [0.25, 0.3) is 0 Å². The van der Waals surface area contributed by atoms with Crippen LogP contribution in [-0.2, 0) is 6.42 Å². The van der Waals surface area contributed by atoms with Crippen molar-refractivity contribution in [2.24, 2.45) is 0 Å². The Hall–Kier alpha value is -0.830. The van der Waals surface area contributed by atoms with E-state index in [9.17, 15) is 8.78 Å². The summed E-state index contributed by atoms with van der Waals surface area (Å²) in [6.07, 6.45) is 0.421. The molecule has 0 saturated carbocycles. The predicted molar refractivity (Wildman–Crippen MR) is 43.7 cm³/mol. The maximum Gasteiger partial charge on any atom is 0.126 e. The molecule has 0 fully saturated rings. The molecule has 0 amide bonds. The van der Waals surface area contributed by atoms with Gasteiger partial charge in [0, 0.05) is 12.5 Å². The van der Waals surface area contributed by atoms with Crippen molar-refractivity contribution in [1.82, 2.24) is 0 Å². The fourth-order valence-electron chi connectivity index (χ4n) is 0.825. The van der Waals surface area contributed by atoms with Gasteiger partial charge >= 0.3 is 0 Å². The first-order valence-corrected chi connectivity index (χ1v) is 3.58. The lowest BCUT2D eigenvalue weighted by Crippen LogP contribution is -1.88. The van der Waals surface area contributed by atoms with Crippen molar-refractivity contribution in [3.8, 4) is 0 Å². The van der Waals surface area contributed by atoms with Crippen LogP contribution in [0.3, 0.4) is 0 Å². The van der Waals surface area contributed by atoms with Crippen LogP contribution in [0.1, 0.15) is 5.56 Å². The molecule has 0 unspecified atom stereocenters. The first-order valence-electron chi connectivity index (χ1n) is 3.11. The van der Waals surface area contributed by atoms with Gasteiger partial charge in [-0.2, -0.15) is 0 Å². The Labute approximate surface area is 68.9 Å². The molecule has 0 nitrogen and oxygen atoms in total. The standard InChI is InChI=1S/C8H6F2S/c9-7-3-6(1-2-11)4-8(10)5-7/h2-5H,1H2. The Morgan fingerprint density at radius 3 is 2.18 bits per heavy atom. The number of rotatable bonds is 2. The van der Waals surface area contributed by atoms with Crippen LogP contribution in [0, 0.1) is 11.6 Å². The zero-order chi connectivity index (χ0) is 8.27. The summed E-state index contributed by atoms with van der Waals surface area (Å²) in [4.78, 5) is 0. The minimum Gasteiger partial charge on any atom is -0.207 e. The molecule has 58 valence electrons. The molecule has 0 aromatic heterocycles. The maximum absolute atomic E-state index is 12.5. The Bertz CT molecular complexity index is 251. The fraction of sp³-hybridized carbons (Fsp3) is 0.125. The Morgan fingerprint density at radius 1 is 1.18 bits per heavy atom. The minimum atomic E-state index is -0.558. The lowest BCUT2D eigenvalue weighted by Gasteiger charge is -1.95. The molecule has 0 N–H and O–H groups in total. The molecule has 1 aromatic carbocycles. The van der Waals surface area contributed by atoms with Crippen LogP contribution in [0.25, 0.3) is 0 Å². The van der Waals surface area contributed by atoms with Crippen molar-refractivity contribution in [1.29, 1.82) is 0 Å². The SMILES string of the molecule is Fc1cc(F)cc(CC=S)c1. The summed E-state index contributed by atoms with van der Waals surface area (Å²) in [5, 5.41) is 1.44. The first-order chi connectivity index (χ1) is 5.22. The van der Waals surface area contributed by atoms with Gasteiger partial charge in [-0.25, -0.2) is 8.78 Å². The van der Waals surface area contributed by atoms with Crippen LogP contribution in [-0.4, -0.2) is 5.37 Å². The highest BCUT2D eigenvalue weighted by Gasteiger charge is 1.97. The third-order valence-corrected chi connectivity index (χ3v) is 1.41. The summed E-state index contributed by atoms with van der Waals surface area (Å²) in [7, 11) is 0. The van der Waals surface area contributed by atoms with E-state index in [1.165, 1.54) is 17.5 Å². The second kappa shape index (κ2) is 3.53. The molecule has 0 aliphatic rings. The average molecular weight is 172 g/mol. The van der Waals surface area contributed by atoms with Crippen LogP contribution in [0.15, 0.2) is 18.2 Å². The van der Waals surface area contributed by atoms with E-state index in [-0.39, 0.29) is 0 Å². The smallest absolute Gasteiger partial charge is 0.126 e. The van der Waals surface area contributed by atoms with Crippen molar-refractivity contribution in [3.05, 3.63) is 35.4 Å². The molecule has 0 aliphatic carbocycles. The summed E-state index contributed by atoms with van der Waals surface area (Å²) in [6, 6.07) is 3.38. The van der Waals surface area contributed by atoms with Gasteiger partial charge in [-0.1, -0.05) is 12.2 Å². The van der Waals surface area contributed by atoms with Crippen molar-refractivity contribution in [3.63, 3.8) is 0 Å². The molecule has 0 saturated heterocycles. The van der Waals surface area contributed by atoms with Crippen LogP contribution in [0.4, 0.5) is 8.78 Å². The molecule has 11 heavy (non-hydrogen) atoms. The van der Waals surface area contributed by atoms with E-state index in [0.29, 0.717) is 12.0 Å². The summed E-state index contributed by atoms with van der Waals surface area (Å²) in [6.45, 7) is 0. The number of thiocarbonyl (C=S) groups is 1. The van der Waals surface area contributed by atoms with E-state index in [1.807, 2.05) is 0 Å². The summed E-state index contributed by atoms with van der Waals surface area (Å²) >= 11 is 4.55. The van der Waals surface area contributed by atoms with Gasteiger partial charge in [0.2, 0.25) is 0 Å². The van der Waals surface area contributed by atoms with E-state index in [0.717, 1.165) is 6.07 Å². The van der Waals surface area contributed by atoms with Gasteiger partial charge < -0.3 is 0 Å². The Morgan fingerprint density at radius 2 is 1.73 bits per heavy atom. The van der Waals surface area contributed by atoms with Gasteiger partial charge in [-0.05, 0) is 23.1 Å². The van der Waals surface area contributed by atoms with Crippen molar-refractivity contribution >= 4 is 17.6 Å². The average Bonchev–Trinajstić information content (AvgIpc) is 1.85. The van der Waals surface area contributed by atoms with E-state index >= 15 is 0 Å². The van der Waals surface area contributed by atoms with E-state index < -0.39 is 11.6 Å². The summed E-state index contributed by atoms with van der Waals surface area (Å²) in [5.74, 6) is -1.12. The van der Waals surface area contributed by atoms with Crippen molar-refractivity contribution < 1.29 is 8.78 Å². The zero-order valence-electron chi connectivity index (χ0n) is 5.68. The molecule has 0 atom stereocenters. The molecule has 0 heterocycles. The quantitative estimate of drug-likeness (QED) is 0.617. The number of hydrogen-bond acceptors (Lipinski definition) is 1. The molecule has 3 heteroatoms. The van der Waals surface area contributed by atoms with Gasteiger partial charge in [0.1, 0.15) is 11.6 Å². The molecule has 1 rings (SSSR count). The summed E-state index contributed by atoms with van der Waals surface area (Å²) < 4.78 is 24.9. The number of benzene rings is 1. The number of hydrogen-bond donors (Lipinski definition) is 0. The third-order valence-electron chi connectivity index (χ3n) is 1.24. The number of halogens is 2. The largest absolute Gasteiger partial charge is 0.207 e. The van der Waals surface area contributed by atoms with Crippen molar-refractivity contribution in [2.45, 2.75) is 6.42 Å². The third kappa shape index (κ3) is 2.35. The van der Waals surface area contributed by atoms with Gasteiger partial charge in [0.15, 0.2) is 0 Å². The molecular weight excluding hydrogens is 166 g/mol. The summed E-state index contributed by atoms with van der Waals surface area (Å²) in [5.41, 5.74) is 0.567. The lowest BCUT2D eigenvalue weighted by molar-refractivity contribution is 0.581. The van der Waals surface area contributed by atoms with Crippen LogP contribution >= 0.6 is 12.2 Å². The highest BCUT2D eigenvalue weighted by atomic mass is 32.1. The molecule has 0 radical (unpaired) electrons. The van der Waals surface area contributed by atoms with Gasteiger partial charge in [-0.3, -0.25) is 0 Å². The molecular formula is C8H6F2S. The minimum absolute atomic E-state index is 0.421. The maximum atomic E-state index is 12.5. The highest BCUT2D eigenvalue weighted by molar-refractivity contribution is 7.78. The first kappa shape index (κ1) is 8.27. The second-order valence-electron chi connectivity index (χ2n) is 2.15. The van der Waals surface area contributed by atoms with Crippen LogP contribution in [0.5, 0.6) is 0 Å². The Balaban J connectivity index is 2.98.